The van der Waals surface area contributed by atoms with Gasteiger partial charge in [0.05, 0.1) is 0 Å². The SMILES string of the molecule is Cc1cncc(I)c1I. The van der Waals surface area contributed by atoms with Gasteiger partial charge >= 0.3 is 0 Å². The quantitative estimate of drug-likeness (QED) is 0.659. The molecule has 0 radical (unpaired) electrons. The van der Waals surface area contributed by atoms with Crippen LogP contribution in [0.4, 0.5) is 0 Å². The minimum Gasteiger partial charge on any atom is -0.263 e. The Hall–Kier alpha value is 0.610. The van der Waals surface area contributed by atoms with E-state index in [-0.39, 0.29) is 0 Å². The van der Waals surface area contributed by atoms with Gasteiger partial charge in [0.25, 0.3) is 0 Å². The van der Waals surface area contributed by atoms with E-state index in [1.807, 2.05) is 12.4 Å². The number of nitrogens with zero attached hydrogens (tertiary/aromatic N) is 1. The molecule has 1 nitrogen and oxygen atoms in total. The summed E-state index contributed by atoms with van der Waals surface area (Å²) in [5.41, 5.74) is 1.25. The average Bonchev–Trinajstić information content (AvgIpc) is 1.83. The Balaban J connectivity index is 3.25. The first-order valence-electron chi connectivity index (χ1n) is 2.47. The lowest BCUT2D eigenvalue weighted by Gasteiger charge is -1.96. The van der Waals surface area contributed by atoms with Gasteiger partial charge in [0.15, 0.2) is 0 Å². The average molecular weight is 345 g/mol. The molecular formula is C6H5I2N. The molecule has 0 fully saturated rings. The Kier molecular flexibility index (Phi) is 2.69. The summed E-state index contributed by atoms with van der Waals surface area (Å²) in [5, 5.41) is 0. The molecule has 0 N–H and O–H groups in total. The van der Waals surface area contributed by atoms with Crippen LogP contribution >= 0.6 is 45.2 Å². The molecule has 9 heavy (non-hydrogen) atoms. The highest BCUT2D eigenvalue weighted by atomic mass is 127. The van der Waals surface area contributed by atoms with Crippen molar-refractivity contribution >= 4 is 45.2 Å². The lowest BCUT2D eigenvalue weighted by molar-refractivity contribution is 1.23. The van der Waals surface area contributed by atoms with Crippen LogP contribution in [0.1, 0.15) is 5.56 Å². The minimum absolute atomic E-state index is 1.23. The number of aryl methyl sites for hydroxylation is 1. The minimum atomic E-state index is 1.23. The van der Waals surface area contributed by atoms with E-state index in [1.165, 1.54) is 12.7 Å². The Morgan fingerprint density at radius 3 is 2.44 bits per heavy atom. The molecule has 48 valence electrons. The normalized spacial score (nSPS) is 9.67. The molecule has 0 aliphatic rings. The number of halogens is 2. The van der Waals surface area contributed by atoms with Gasteiger partial charge in [-0.3, -0.25) is 4.98 Å². The molecule has 0 amide bonds. The van der Waals surface area contributed by atoms with Gasteiger partial charge in [0, 0.05) is 19.5 Å². The molecule has 0 atom stereocenters. The van der Waals surface area contributed by atoms with Crippen molar-refractivity contribution in [3.8, 4) is 0 Å². The van der Waals surface area contributed by atoms with E-state index in [4.69, 9.17) is 0 Å². The number of hydrogen-bond acceptors (Lipinski definition) is 1. The molecule has 3 heteroatoms. The zero-order valence-corrected chi connectivity index (χ0v) is 9.17. The summed E-state index contributed by atoms with van der Waals surface area (Å²) < 4.78 is 2.54. The second-order valence-corrected chi connectivity index (χ2v) is 3.99. The van der Waals surface area contributed by atoms with Crippen LogP contribution in [0.25, 0.3) is 0 Å². The molecular weight excluding hydrogens is 340 g/mol. The van der Waals surface area contributed by atoms with Crippen molar-refractivity contribution in [2.45, 2.75) is 6.92 Å². The molecule has 0 saturated carbocycles. The smallest absolute Gasteiger partial charge is 0.0449 e. The van der Waals surface area contributed by atoms with Gasteiger partial charge in [0.2, 0.25) is 0 Å². The van der Waals surface area contributed by atoms with Gasteiger partial charge in [-0.1, -0.05) is 0 Å². The van der Waals surface area contributed by atoms with Crippen LogP contribution in [0, 0.1) is 14.1 Å². The highest BCUT2D eigenvalue weighted by Crippen LogP contribution is 2.16. The summed E-state index contributed by atoms with van der Waals surface area (Å²) in [7, 11) is 0. The molecule has 1 aromatic heterocycles. The third-order valence-electron chi connectivity index (χ3n) is 1.01. The van der Waals surface area contributed by atoms with E-state index >= 15 is 0 Å². The van der Waals surface area contributed by atoms with Crippen molar-refractivity contribution in [2.24, 2.45) is 0 Å². The third-order valence-corrected chi connectivity index (χ3v) is 4.29. The molecule has 0 unspecified atom stereocenters. The number of pyridine rings is 1. The molecule has 0 saturated heterocycles. The summed E-state index contributed by atoms with van der Waals surface area (Å²) in [6.45, 7) is 2.07. The third kappa shape index (κ3) is 1.76. The van der Waals surface area contributed by atoms with Crippen molar-refractivity contribution in [3.05, 3.63) is 25.1 Å². The van der Waals surface area contributed by atoms with E-state index < -0.39 is 0 Å². The molecule has 0 aliphatic carbocycles. The van der Waals surface area contributed by atoms with Crippen LogP contribution in [-0.2, 0) is 0 Å². The molecule has 0 spiro atoms. The predicted octanol–water partition coefficient (Wildman–Crippen LogP) is 2.60. The van der Waals surface area contributed by atoms with Crippen molar-refractivity contribution in [1.29, 1.82) is 0 Å². The largest absolute Gasteiger partial charge is 0.263 e. The van der Waals surface area contributed by atoms with E-state index in [0.717, 1.165) is 0 Å². The molecule has 0 aliphatic heterocycles. The highest BCUT2D eigenvalue weighted by Gasteiger charge is 1.96. The maximum Gasteiger partial charge on any atom is 0.0449 e. The lowest BCUT2D eigenvalue weighted by Crippen LogP contribution is -1.85. The van der Waals surface area contributed by atoms with Crippen LogP contribution in [0.3, 0.4) is 0 Å². The summed E-state index contributed by atoms with van der Waals surface area (Å²) in [4.78, 5) is 4.03. The highest BCUT2D eigenvalue weighted by molar-refractivity contribution is 14.1. The molecule has 0 bridgehead atoms. The Morgan fingerprint density at radius 2 is 2.00 bits per heavy atom. The fourth-order valence-electron chi connectivity index (χ4n) is 0.516. The zero-order chi connectivity index (χ0) is 6.85. The predicted molar refractivity (Wildman–Crippen MR) is 54.4 cm³/mol. The summed E-state index contributed by atoms with van der Waals surface area (Å²) in [6, 6.07) is 0. The van der Waals surface area contributed by atoms with Gasteiger partial charge in [-0.2, -0.15) is 0 Å². The summed E-state index contributed by atoms with van der Waals surface area (Å²) in [5.74, 6) is 0. The standard InChI is InChI=1S/C6H5I2N/c1-4-2-9-3-5(7)6(4)8/h2-3H,1H3. The monoisotopic (exact) mass is 345 g/mol. The second-order valence-electron chi connectivity index (χ2n) is 1.75. The first kappa shape index (κ1) is 7.71. The Morgan fingerprint density at radius 1 is 1.33 bits per heavy atom. The van der Waals surface area contributed by atoms with Gasteiger partial charge in [-0.25, -0.2) is 0 Å². The maximum atomic E-state index is 4.03. The first-order chi connectivity index (χ1) is 4.22. The molecule has 1 aromatic rings. The summed E-state index contributed by atoms with van der Waals surface area (Å²) >= 11 is 4.60. The van der Waals surface area contributed by atoms with Crippen LogP contribution in [0.5, 0.6) is 0 Å². The van der Waals surface area contributed by atoms with Crippen LogP contribution in [0.15, 0.2) is 12.4 Å². The number of hydrogen-bond donors (Lipinski definition) is 0. The van der Waals surface area contributed by atoms with Gasteiger partial charge in [-0.05, 0) is 57.7 Å². The van der Waals surface area contributed by atoms with Gasteiger partial charge in [0.1, 0.15) is 0 Å². The number of aromatic nitrogens is 1. The molecule has 1 rings (SSSR count). The fraction of sp³-hybridized carbons (Fsp3) is 0.167. The van der Waals surface area contributed by atoms with Crippen LogP contribution in [-0.4, -0.2) is 4.98 Å². The van der Waals surface area contributed by atoms with Crippen LogP contribution < -0.4 is 0 Å². The number of rotatable bonds is 0. The molecule has 0 aromatic carbocycles. The van der Waals surface area contributed by atoms with Crippen molar-refractivity contribution in [3.63, 3.8) is 0 Å². The van der Waals surface area contributed by atoms with E-state index in [9.17, 15) is 0 Å². The first-order valence-corrected chi connectivity index (χ1v) is 4.63. The Labute approximate surface area is 81.5 Å². The van der Waals surface area contributed by atoms with E-state index in [2.05, 4.69) is 57.1 Å². The van der Waals surface area contributed by atoms with Crippen molar-refractivity contribution < 1.29 is 0 Å². The van der Waals surface area contributed by atoms with Crippen LogP contribution in [0.2, 0.25) is 0 Å². The second kappa shape index (κ2) is 3.14. The van der Waals surface area contributed by atoms with E-state index in [0.29, 0.717) is 0 Å². The zero-order valence-electron chi connectivity index (χ0n) is 4.86. The fourth-order valence-corrected chi connectivity index (χ4v) is 1.38. The molecule has 1 heterocycles. The van der Waals surface area contributed by atoms with Gasteiger partial charge in [-0.15, -0.1) is 0 Å². The van der Waals surface area contributed by atoms with Crippen molar-refractivity contribution in [2.75, 3.05) is 0 Å². The topological polar surface area (TPSA) is 12.9 Å². The Bertz CT molecular complexity index is 202. The van der Waals surface area contributed by atoms with Crippen molar-refractivity contribution in [1.82, 2.24) is 4.98 Å². The maximum absolute atomic E-state index is 4.03. The lowest BCUT2D eigenvalue weighted by atomic mass is 10.3. The van der Waals surface area contributed by atoms with Gasteiger partial charge < -0.3 is 0 Å². The summed E-state index contributed by atoms with van der Waals surface area (Å²) in [6.07, 6.45) is 3.75. The van der Waals surface area contributed by atoms with E-state index in [1.54, 1.807) is 0 Å².